The molecule has 0 aliphatic carbocycles. The maximum Gasteiger partial charge on any atom is 0.264 e. The standard InChI is InChI=1S/C24H24N4O3S/c1-25-22(30)18-13-8-14-28(18)19(29)15-26-23(31)21-20(16-9-4-2-5-10-16)27-24(32-21)17-11-6-3-7-12-17/h2-7,9-12,18H,8,13-15H2,1H3,(H,25,30)(H,26,31). The first kappa shape index (κ1) is 21.7. The number of carbonyl (C=O) groups is 3. The largest absolute Gasteiger partial charge is 0.357 e. The van der Waals surface area contributed by atoms with E-state index < -0.39 is 6.04 Å². The predicted octanol–water partition coefficient (Wildman–Crippen LogP) is 2.94. The number of likely N-dealkylation sites (tertiary alicyclic amines) is 1. The molecule has 8 heteroatoms. The highest BCUT2D eigenvalue weighted by Crippen LogP contribution is 2.33. The lowest BCUT2D eigenvalue weighted by Gasteiger charge is -2.23. The van der Waals surface area contributed by atoms with E-state index in [0.717, 1.165) is 22.6 Å². The third kappa shape index (κ3) is 4.55. The summed E-state index contributed by atoms with van der Waals surface area (Å²) in [5, 5.41) is 6.07. The minimum atomic E-state index is -0.475. The van der Waals surface area contributed by atoms with Crippen molar-refractivity contribution in [3.05, 3.63) is 65.5 Å². The molecular weight excluding hydrogens is 424 g/mol. The maximum atomic E-state index is 13.1. The molecule has 0 saturated carbocycles. The molecule has 1 unspecified atom stereocenters. The summed E-state index contributed by atoms with van der Waals surface area (Å²) in [6.45, 7) is 0.347. The van der Waals surface area contributed by atoms with Crippen molar-refractivity contribution in [1.29, 1.82) is 0 Å². The van der Waals surface area contributed by atoms with Gasteiger partial charge < -0.3 is 15.5 Å². The molecule has 1 atom stereocenters. The second kappa shape index (κ2) is 9.74. The predicted molar refractivity (Wildman–Crippen MR) is 124 cm³/mol. The van der Waals surface area contributed by atoms with Gasteiger partial charge in [0.1, 0.15) is 15.9 Å². The van der Waals surface area contributed by atoms with Crippen molar-refractivity contribution in [1.82, 2.24) is 20.5 Å². The highest BCUT2D eigenvalue weighted by atomic mass is 32.1. The lowest BCUT2D eigenvalue weighted by atomic mass is 10.1. The molecule has 1 saturated heterocycles. The van der Waals surface area contributed by atoms with Crippen molar-refractivity contribution in [3.8, 4) is 21.8 Å². The van der Waals surface area contributed by atoms with E-state index in [2.05, 4.69) is 10.6 Å². The molecule has 32 heavy (non-hydrogen) atoms. The summed E-state index contributed by atoms with van der Waals surface area (Å²) >= 11 is 1.30. The van der Waals surface area contributed by atoms with Gasteiger partial charge in [0, 0.05) is 24.7 Å². The van der Waals surface area contributed by atoms with Crippen LogP contribution in [0.1, 0.15) is 22.5 Å². The molecule has 2 N–H and O–H groups in total. The summed E-state index contributed by atoms with van der Waals surface area (Å²) in [6.07, 6.45) is 1.40. The first-order valence-corrected chi connectivity index (χ1v) is 11.3. The molecule has 0 spiro atoms. The molecule has 3 aromatic rings. The van der Waals surface area contributed by atoms with Crippen molar-refractivity contribution in [2.45, 2.75) is 18.9 Å². The minimum absolute atomic E-state index is 0.168. The van der Waals surface area contributed by atoms with Gasteiger partial charge in [-0.25, -0.2) is 4.98 Å². The Hall–Kier alpha value is -3.52. The highest BCUT2D eigenvalue weighted by molar-refractivity contribution is 7.17. The Kier molecular flexibility index (Phi) is 6.61. The van der Waals surface area contributed by atoms with E-state index in [1.54, 1.807) is 11.9 Å². The topological polar surface area (TPSA) is 91.4 Å². The van der Waals surface area contributed by atoms with Crippen LogP contribution in [0.5, 0.6) is 0 Å². The molecule has 4 rings (SSSR count). The van der Waals surface area contributed by atoms with Crippen LogP contribution in [0.2, 0.25) is 0 Å². The summed E-state index contributed by atoms with van der Waals surface area (Å²) in [4.78, 5) is 44.5. The number of amides is 3. The number of rotatable bonds is 6. The number of hydrogen-bond acceptors (Lipinski definition) is 5. The van der Waals surface area contributed by atoms with Crippen LogP contribution in [0.3, 0.4) is 0 Å². The lowest BCUT2D eigenvalue weighted by Crippen LogP contribution is -2.48. The van der Waals surface area contributed by atoms with Crippen LogP contribution in [-0.4, -0.2) is 53.8 Å². The summed E-state index contributed by atoms with van der Waals surface area (Å²) in [6, 6.07) is 18.7. The Morgan fingerprint density at radius 1 is 1.03 bits per heavy atom. The quantitative estimate of drug-likeness (QED) is 0.607. The van der Waals surface area contributed by atoms with E-state index >= 15 is 0 Å². The van der Waals surface area contributed by atoms with Gasteiger partial charge in [0.25, 0.3) is 5.91 Å². The molecule has 0 radical (unpaired) electrons. The van der Waals surface area contributed by atoms with Gasteiger partial charge in [-0.3, -0.25) is 14.4 Å². The van der Waals surface area contributed by atoms with Crippen molar-refractivity contribution < 1.29 is 14.4 Å². The number of aromatic nitrogens is 1. The SMILES string of the molecule is CNC(=O)C1CCCN1C(=O)CNC(=O)c1sc(-c2ccccc2)nc1-c1ccccc1. The zero-order valence-electron chi connectivity index (χ0n) is 17.7. The Balaban J connectivity index is 1.54. The first-order valence-electron chi connectivity index (χ1n) is 10.5. The van der Waals surface area contributed by atoms with Gasteiger partial charge in [0.05, 0.1) is 12.2 Å². The van der Waals surface area contributed by atoms with Gasteiger partial charge in [-0.1, -0.05) is 60.7 Å². The average Bonchev–Trinajstić information content (AvgIpc) is 3.51. The Bertz CT molecular complexity index is 1110. The number of benzene rings is 2. The van der Waals surface area contributed by atoms with Crippen molar-refractivity contribution in [2.24, 2.45) is 0 Å². The zero-order valence-corrected chi connectivity index (χ0v) is 18.5. The third-order valence-electron chi connectivity index (χ3n) is 5.42. The summed E-state index contributed by atoms with van der Waals surface area (Å²) < 4.78 is 0. The Morgan fingerprint density at radius 2 is 1.69 bits per heavy atom. The molecule has 3 amide bonds. The molecule has 2 aromatic carbocycles. The van der Waals surface area contributed by atoms with Gasteiger partial charge in [0.15, 0.2) is 0 Å². The third-order valence-corrected chi connectivity index (χ3v) is 6.53. The number of thiazole rings is 1. The normalized spacial score (nSPS) is 15.4. The monoisotopic (exact) mass is 448 g/mol. The van der Waals surface area contributed by atoms with Gasteiger partial charge >= 0.3 is 0 Å². The molecule has 1 aromatic heterocycles. The van der Waals surface area contributed by atoms with Crippen molar-refractivity contribution in [3.63, 3.8) is 0 Å². The molecule has 7 nitrogen and oxygen atoms in total. The van der Waals surface area contributed by atoms with Crippen LogP contribution in [0.15, 0.2) is 60.7 Å². The maximum absolute atomic E-state index is 13.1. The lowest BCUT2D eigenvalue weighted by molar-refractivity contribution is -0.137. The molecule has 2 heterocycles. The van der Waals surface area contributed by atoms with Gasteiger partial charge in [0.2, 0.25) is 11.8 Å². The number of likely N-dealkylation sites (N-methyl/N-ethyl adjacent to an activating group) is 1. The van der Waals surface area contributed by atoms with Crippen LogP contribution in [0, 0.1) is 0 Å². The number of nitrogens with zero attached hydrogens (tertiary/aromatic N) is 2. The smallest absolute Gasteiger partial charge is 0.264 e. The van der Waals surface area contributed by atoms with Crippen molar-refractivity contribution >= 4 is 29.1 Å². The first-order chi connectivity index (χ1) is 15.6. The molecular formula is C24H24N4O3S. The Labute approximate surface area is 190 Å². The fourth-order valence-corrected chi connectivity index (χ4v) is 4.82. The number of hydrogen-bond donors (Lipinski definition) is 2. The summed E-state index contributed by atoms with van der Waals surface area (Å²) in [5.74, 6) is -0.797. The van der Waals surface area contributed by atoms with E-state index in [-0.39, 0.29) is 24.3 Å². The molecule has 164 valence electrons. The zero-order chi connectivity index (χ0) is 22.5. The van der Waals surface area contributed by atoms with Crippen LogP contribution < -0.4 is 10.6 Å². The van der Waals surface area contributed by atoms with Gasteiger partial charge in [-0.15, -0.1) is 11.3 Å². The van der Waals surface area contributed by atoms with E-state index in [0.29, 0.717) is 23.5 Å². The van der Waals surface area contributed by atoms with Gasteiger partial charge in [-0.05, 0) is 12.8 Å². The fraction of sp³-hybridized carbons (Fsp3) is 0.250. The molecule has 1 aliphatic rings. The van der Waals surface area contributed by atoms with Crippen LogP contribution in [0.25, 0.3) is 21.8 Å². The second-order valence-corrected chi connectivity index (χ2v) is 8.47. The van der Waals surface area contributed by atoms with Gasteiger partial charge in [-0.2, -0.15) is 0 Å². The highest BCUT2D eigenvalue weighted by Gasteiger charge is 2.33. The second-order valence-electron chi connectivity index (χ2n) is 7.47. The van der Waals surface area contributed by atoms with Crippen LogP contribution in [-0.2, 0) is 9.59 Å². The van der Waals surface area contributed by atoms with E-state index in [1.165, 1.54) is 11.3 Å². The van der Waals surface area contributed by atoms with E-state index in [4.69, 9.17) is 4.98 Å². The fourth-order valence-electron chi connectivity index (χ4n) is 3.81. The number of carbonyl (C=O) groups excluding carboxylic acids is 3. The van der Waals surface area contributed by atoms with Crippen LogP contribution >= 0.6 is 11.3 Å². The van der Waals surface area contributed by atoms with E-state index in [9.17, 15) is 14.4 Å². The van der Waals surface area contributed by atoms with Crippen molar-refractivity contribution in [2.75, 3.05) is 20.1 Å². The molecule has 0 bridgehead atoms. The number of nitrogens with one attached hydrogen (secondary N) is 2. The minimum Gasteiger partial charge on any atom is -0.357 e. The summed E-state index contributed by atoms with van der Waals surface area (Å²) in [5.41, 5.74) is 2.35. The molecule has 1 fully saturated rings. The van der Waals surface area contributed by atoms with Crippen LogP contribution in [0.4, 0.5) is 0 Å². The average molecular weight is 449 g/mol. The Morgan fingerprint density at radius 3 is 2.34 bits per heavy atom. The molecule has 1 aliphatic heterocycles. The van der Waals surface area contributed by atoms with E-state index in [1.807, 2.05) is 60.7 Å². The summed E-state index contributed by atoms with van der Waals surface area (Å²) in [7, 11) is 1.56.